The van der Waals surface area contributed by atoms with Crippen molar-refractivity contribution in [1.29, 1.82) is 0 Å². The van der Waals surface area contributed by atoms with E-state index in [1.165, 1.54) is 0 Å². The number of anilines is 1. The van der Waals surface area contributed by atoms with Crippen LogP contribution in [0.1, 0.15) is 52.3 Å². The lowest BCUT2D eigenvalue weighted by atomic mass is 9.87. The molecule has 3 heteroatoms. The molecule has 0 aliphatic carbocycles. The van der Waals surface area contributed by atoms with Crippen LogP contribution in [-0.2, 0) is 13.0 Å². The summed E-state index contributed by atoms with van der Waals surface area (Å²) in [6, 6.07) is 4.37. The molecule has 1 aromatic heterocycles. The van der Waals surface area contributed by atoms with Crippen molar-refractivity contribution in [2.45, 2.75) is 60.1 Å². The SMILES string of the molecule is CCCc1cc(CO)cc(N(C)C(C)C(C)(C)C)n1. The third-order valence-corrected chi connectivity index (χ3v) is 3.81. The number of rotatable bonds is 5. The van der Waals surface area contributed by atoms with Crippen molar-refractivity contribution in [2.24, 2.45) is 5.41 Å². The van der Waals surface area contributed by atoms with Gasteiger partial charge in [-0.3, -0.25) is 0 Å². The van der Waals surface area contributed by atoms with E-state index in [-0.39, 0.29) is 12.0 Å². The Morgan fingerprint density at radius 3 is 2.42 bits per heavy atom. The van der Waals surface area contributed by atoms with Crippen molar-refractivity contribution in [3.63, 3.8) is 0 Å². The molecule has 0 fully saturated rings. The molecule has 0 spiro atoms. The van der Waals surface area contributed by atoms with Crippen LogP contribution in [0.2, 0.25) is 0 Å². The molecule has 19 heavy (non-hydrogen) atoms. The van der Waals surface area contributed by atoms with E-state index in [0.717, 1.165) is 29.9 Å². The summed E-state index contributed by atoms with van der Waals surface area (Å²) in [5.74, 6) is 0.956. The lowest BCUT2D eigenvalue weighted by Gasteiger charge is -2.36. The molecule has 0 aliphatic rings. The molecule has 0 bridgehead atoms. The van der Waals surface area contributed by atoms with Crippen LogP contribution in [0.5, 0.6) is 0 Å². The van der Waals surface area contributed by atoms with Gasteiger partial charge >= 0.3 is 0 Å². The Morgan fingerprint density at radius 1 is 1.32 bits per heavy atom. The number of pyridine rings is 1. The van der Waals surface area contributed by atoms with Crippen LogP contribution in [0.15, 0.2) is 12.1 Å². The monoisotopic (exact) mass is 264 g/mol. The van der Waals surface area contributed by atoms with Crippen LogP contribution in [0.25, 0.3) is 0 Å². The van der Waals surface area contributed by atoms with E-state index in [9.17, 15) is 5.11 Å². The van der Waals surface area contributed by atoms with Gasteiger partial charge in [0.1, 0.15) is 5.82 Å². The van der Waals surface area contributed by atoms with Gasteiger partial charge in [-0.15, -0.1) is 0 Å². The van der Waals surface area contributed by atoms with Crippen LogP contribution < -0.4 is 4.90 Å². The predicted octanol–water partition coefficient (Wildman–Crippen LogP) is 3.40. The molecule has 1 heterocycles. The van der Waals surface area contributed by atoms with E-state index in [2.05, 4.69) is 46.6 Å². The summed E-state index contributed by atoms with van der Waals surface area (Å²) < 4.78 is 0. The number of aliphatic hydroxyl groups excluding tert-OH is 1. The highest BCUT2D eigenvalue weighted by atomic mass is 16.3. The van der Waals surface area contributed by atoms with Gasteiger partial charge < -0.3 is 10.0 Å². The minimum Gasteiger partial charge on any atom is -0.392 e. The van der Waals surface area contributed by atoms with Crippen LogP contribution in [-0.4, -0.2) is 23.2 Å². The molecule has 1 atom stereocenters. The Hall–Kier alpha value is -1.09. The maximum absolute atomic E-state index is 9.39. The summed E-state index contributed by atoms with van der Waals surface area (Å²) in [7, 11) is 2.08. The molecule has 1 aromatic rings. The third kappa shape index (κ3) is 4.20. The van der Waals surface area contributed by atoms with Gasteiger partial charge in [0.05, 0.1) is 6.61 Å². The van der Waals surface area contributed by atoms with E-state index >= 15 is 0 Å². The first-order valence-corrected chi connectivity index (χ1v) is 7.13. The average molecular weight is 264 g/mol. The minimum atomic E-state index is 0.0734. The summed E-state index contributed by atoms with van der Waals surface area (Å²) >= 11 is 0. The summed E-state index contributed by atoms with van der Waals surface area (Å²) in [6.45, 7) is 11.1. The second kappa shape index (κ2) is 6.38. The maximum atomic E-state index is 9.39. The van der Waals surface area contributed by atoms with E-state index < -0.39 is 0 Å². The summed E-state index contributed by atoms with van der Waals surface area (Å²) in [4.78, 5) is 6.93. The van der Waals surface area contributed by atoms with Crippen molar-refractivity contribution in [3.05, 3.63) is 23.4 Å². The van der Waals surface area contributed by atoms with E-state index in [1.54, 1.807) is 0 Å². The van der Waals surface area contributed by atoms with Crippen molar-refractivity contribution in [3.8, 4) is 0 Å². The van der Waals surface area contributed by atoms with Gasteiger partial charge in [0, 0.05) is 18.8 Å². The van der Waals surface area contributed by atoms with Gasteiger partial charge in [-0.2, -0.15) is 0 Å². The fourth-order valence-electron chi connectivity index (χ4n) is 2.07. The number of nitrogens with zero attached hydrogens (tertiary/aromatic N) is 2. The first kappa shape index (κ1) is 16.0. The molecule has 0 saturated carbocycles. The van der Waals surface area contributed by atoms with Crippen molar-refractivity contribution >= 4 is 5.82 Å². The standard InChI is InChI=1S/C16H28N2O/c1-7-8-14-9-13(11-19)10-15(17-14)18(6)12(2)16(3,4)5/h9-10,12,19H,7-8,11H2,1-6H3. The first-order chi connectivity index (χ1) is 8.79. The molecule has 0 aliphatic heterocycles. The van der Waals surface area contributed by atoms with Gasteiger partial charge in [-0.1, -0.05) is 34.1 Å². The topological polar surface area (TPSA) is 36.4 Å². The fraction of sp³-hybridized carbons (Fsp3) is 0.688. The molecule has 1 rings (SSSR count). The quantitative estimate of drug-likeness (QED) is 0.885. The Labute approximate surface area is 117 Å². The second-order valence-electron chi connectivity index (χ2n) is 6.39. The first-order valence-electron chi connectivity index (χ1n) is 7.13. The molecular weight excluding hydrogens is 236 g/mol. The van der Waals surface area contributed by atoms with Gasteiger partial charge in [0.25, 0.3) is 0 Å². The highest BCUT2D eigenvalue weighted by Gasteiger charge is 2.25. The minimum absolute atomic E-state index is 0.0734. The molecule has 1 unspecified atom stereocenters. The van der Waals surface area contributed by atoms with E-state index in [4.69, 9.17) is 4.98 Å². The van der Waals surface area contributed by atoms with Gasteiger partial charge in [-0.05, 0) is 36.5 Å². The average Bonchev–Trinajstić information content (AvgIpc) is 2.35. The molecule has 1 N–H and O–H groups in total. The number of aromatic nitrogens is 1. The summed E-state index contributed by atoms with van der Waals surface area (Å²) in [6.07, 6.45) is 2.03. The highest BCUT2D eigenvalue weighted by Crippen LogP contribution is 2.27. The van der Waals surface area contributed by atoms with E-state index in [0.29, 0.717) is 6.04 Å². The van der Waals surface area contributed by atoms with Crippen molar-refractivity contribution in [2.75, 3.05) is 11.9 Å². The maximum Gasteiger partial charge on any atom is 0.129 e. The number of aliphatic hydroxyl groups is 1. The van der Waals surface area contributed by atoms with Gasteiger partial charge in [-0.25, -0.2) is 4.98 Å². The Balaban J connectivity index is 3.07. The Kier molecular flexibility index (Phi) is 5.36. The van der Waals surface area contributed by atoms with E-state index in [1.807, 2.05) is 12.1 Å². The Morgan fingerprint density at radius 2 is 1.95 bits per heavy atom. The zero-order chi connectivity index (χ0) is 14.6. The summed E-state index contributed by atoms with van der Waals surface area (Å²) in [5, 5.41) is 9.39. The zero-order valence-corrected chi connectivity index (χ0v) is 13.2. The van der Waals surface area contributed by atoms with Crippen LogP contribution in [0.3, 0.4) is 0 Å². The molecule has 0 amide bonds. The third-order valence-electron chi connectivity index (χ3n) is 3.81. The summed E-state index contributed by atoms with van der Waals surface area (Å²) in [5.41, 5.74) is 2.20. The highest BCUT2D eigenvalue weighted by molar-refractivity contribution is 5.43. The zero-order valence-electron chi connectivity index (χ0n) is 13.2. The fourth-order valence-corrected chi connectivity index (χ4v) is 2.07. The predicted molar refractivity (Wildman–Crippen MR) is 81.5 cm³/mol. The van der Waals surface area contributed by atoms with Gasteiger partial charge in [0.2, 0.25) is 0 Å². The van der Waals surface area contributed by atoms with Crippen LogP contribution >= 0.6 is 0 Å². The second-order valence-corrected chi connectivity index (χ2v) is 6.39. The lowest BCUT2D eigenvalue weighted by Crippen LogP contribution is -2.40. The van der Waals surface area contributed by atoms with Crippen molar-refractivity contribution < 1.29 is 5.11 Å². The van der Waals surface area contributed by atoms with Crippen LogP contribution in [0.4, 0.5) is 5.82 Å². The molecule has 3 nitrogen and oxygen atoms in total. The molecule has 108 valence electrons. The Bertz CT molecular complexity index is 410. The largest absolute Gasteiger partial charge is 0.392 e. The van der Waals surface area contributed by atoms with Crippen molar-refractivity contribution in [1.82, 2.24) is 4.98 Å². The lowest BCUT2D eigenvalue weighted by molar-refractivity contribution is 0.281. The number of hydrogen-bond donors (Lipinski definition) is 1. The molecule has 0 aromatic carbocycles. The van der Waals surface area contributed by atoms with Gasteiger partial charge in [0.15, 0.2) is 0 Å². The molecular formula is C16H28N2O. The molecule has 0 radical (unpaired) electrons. The smallest absolute Gasteiger partial charge is 0.129 e. The number of hydrogen-bond acceptors (Lipinski definition) is 3. The normalized spacial score (nSPS) is 13.4. The number of aryl methyl sites for hydroxylation is 1. The molecule has 0 saturated heterocycles. The van der Waals surface area contributed by atoms with Crippen LogP contribution in [0, 0.1) is 5.41 Å².